The molecule has 0 saturated carbocycles. The summed E-state index contributed by atoms with van der Waals surface area (Å²) < 4.78 is 5.34. The van der Waals surface area contributed by atoms with Gasteiger partial charge in [-0.3, -0.25) is 4.79 Å². The Bertz CT molecular complexity index is 565. The number of rotatable bonds is 5. The SMILES string of the molecule is CCOc1ccc(NC(=O)c2ccc(NC)cn2)cc1. The van der Waals surface area contributed by atoms with Gasteiger partial charge in [-0.05, 0) is 43.3 Å². The van der Waals surface area contributed by atoms with E-state index in [1.807, 2.05) is 19.1 Å². The summed E-state index contributed by atoms with van der Waals surface area (Å²) in [5.74, 6) is 0.541. The lowest BCUT2D eigenvalue weighted by Gasteiger charge is -2.07. The molecule has 0 radical (unpaired) electrons. The van der Waals surface area contributed by atoms with Crippen LogP contribution in [0, 0.1) is 0 Å². The van der Waals surface area contributed by atoms with Crippen LogP contribution in [0.1, 0.15) is 17.4 Å². The molecule has 0 aliphatic rings. The maximum atomic E-state index is 12.0. The number of ether oxygens (including phenoxy) is 1. The molecule has 5 nitrogen and oxygen atoms in total. The van der Waals surface area contributed by atoms with Gasteiger partial charge in [-0.15, -0.1) is 0 Å². The highest BCUT2D eigenvalue weighted by Crippen LogP contribution is 2.16. The fourth-order valence-electron chi connectivity index (χ4n) is 1.67. The second-order valence-corrected chi connectivity index (χ2v) is 4.09. The Balaban J connectivity index is 2.02. The molecule has 2 aromatic rings. The van der Waals surface area contributed by atoms with Crippen molar-refractivity contribution in [2.75, 3.05) is 24.3 Å². The van der Waals surface area contributed by atoms with Gasteiger partial charge >= 0.3 is 0 Å². The first-order valence-electron chi connectivity index (χ1n) is 6.41. The maximum absolute atomic E-state index is 12.0. The molecule has 20 heavy (non-hydrogen) atoms. The van der Waals surface area contributed by atoms with Crippen molar-refractivity contribution in [3.05, 3.63) is 48.3 Å². The number of amides is 1. The molecular weight excluding hydrogens is 254 g/mol. The van der Waals surface area contributed by atoms with Gasteiger partial charge in [0.1, 0.15) is 11.4 Å². The average Bonchev–Trinajstić information content (AvgIpc) is 2.49. The van der Waals surface area contributed by atoms with Crippen molar-refractivity contribution in [1.29, 1.82) is 0 Å². The van der Waals surface area contributed by atoms with Crippen LogP contribution in [0.3, 0.4) is 0 Å². The third kappa shape index (κ3) is 3.47. The number of carbonyl (C=O) groups excluding carboxylic acids is 1. The number of hydrogen-bond acceptors (Lipinski definition) is 4. The van der Waals surface area contributed by atoms with E-state index in [4.69, 9.17) is 4.74 Å². The molecule has 0 bridgehead atoms. The molecule has 0 unspecified atom stereocenters. The van der Waals surface area contributed by atoms with Gasteiger partial charge in [-0.25, -0.2) is 4.98 Å². The molecule has 2 rings (SSSR count). The summed E-state index contributed by atoms with van der Waals surface area (Å²) in [7, 11) is 1.80. The van der Waals surface area contributed by atoms with E-state index in [2.05, 4.69) is 15.6 Å². The van der Waals surface area contributed by atoms with Crippen LogP contribution < -0.4 is 15.4 Å². The summed E-state index contributed by atoms with van der Waals surface area (Å²) >= 11 is 0. The molecule has 1 aromatic heterocycles. The largest absolute Gasteiger partial charge is 0.494 e. The van der Waals surface area contributed by atoms with Crippen LogP contribution in [0.15, 0.2) is 42.6 Å². The molecule has 0 fully saturated rings. The minimum Gasteiger partial charge on any atom is -0.494 e. The number of pyridine rings is 1. The Kier molecular flexibility index (Phi) is 4.55. The highest BCUT2D eigenvalue weighted by Gasteiger charge is 2.07. The van der Waals surface area contributed by atoms with Gasteiger partial charge in [-0.1, -0.05) is 0 Å². The molecule has 0 aliphatic carbocycles. The van der Waals surface area contributed by atoms with Crippen molar-refractivity contribution in [2.24, 2.45) is 0 Å². The molecule has 0 spiro atoms. The predicted molar refractivity (Wildman–Crippen MR) is 79.3 cm³/mol. The number of nitrogens with zero attached hydrogens (tertiary/aromatic N) is 1. The lowest BCUT2D eigenvalue weighted by Crippen LogP contribution is -2.13. The van der Waals surface area contributed by atoms with E-state index >= 15 is 0 Å². The summed E-state index contributed by atoms with van der Waals surface area (Å²) in [6.45, 7) is 2.55. The smallest absolute Gasteiger partial charge is 0.274 e. The van der Waals surface area contributed by atoms with Crippen LogP contribution in [0.25, 0.3) is 0 Å². The number of benzene rings is 1. The molecular formula is C15H17N3O2. The van der Waals surface area contributed by atoms with Crippen LogP contribution in [0.5, 0.6) is 5.75 Å². The lowest BCUT2D eigenvalue weighted by atomic mass is 10.2. The quantitative estimate of drug-likeness (QED) is 0.877. The van der Waals surface area contributed by atoms with Crippen molar-refractivity contribution in [2.45, 2.75) is 6.92 Å². The standard InChI is InChI=1S/C15H17N3O2/c1-3-20-13-7-4-11(5-8-13)18-15(19)14-9-6-12(16-2)10-17-14/h4-10,16H,3H2,1-2H3,(H,18,19). The van der Waals surface area contributed by atoms with Crippen molar-refractivity contribution in [1.82, 2.24) is 4.98 Å². The van der Waals surface area contributed by atoms with Gasteiger partial charge in [0.25, 0.3) is 5.91 Å². The summed E-state index contributed by atoms with van der Waals surface area (Å²) in [4.78, 5) is 16.1. The van der Waals surface area contributed by atoms with E-state index < -0.39 is 0 Å². The van der Waals surface area contributed by atoms with Crippen LogP contribution in [0.2, 0.25) is 0 Å². The summed E-state index contributed by atoms with van der Waals surface area (Å²) in [6, 6.07) is 10.7. The molecule has 104 valence electrons. The van der Waals surface area contributed by atoms with E-state index in [1.54, 1.807) is 37.5 Å². The zero-order valence-electron chi connectivity index (χ0n) is 11.5. The highest BCUT2D eigenvalue weighted by molar-refractivity contribution is 6.02. The monoisotopic (exact) mass is 271 g/mol. The molecule has 5 heteroatoms. The summed E-state index contributed by atoms with van der Waals surface area (Å²) in [5, 5.41) is 5.74. The van der Waals surface area contributed by atoms with Crippen molar-refractivity contribution < 1.29 is 9.53 Å². The summed E-state index contributed by atoms with van der Waals surface area (Å²) in [5.41, 5.74) is 1.94. The Morgan fingerprint density at radius 3 is 2.40 bits per heavy atom. The van der Waals surface area contributed by atoms with Crippen molar-refractivity contribution in [3.8, 4) is 5.75 Å². The van der Waals surface area contributed by atoms with Gasteiger partial charge in [0, 0.05) is 12.7 Å². The minimum absolute atomic E-state index is 0.239. The van der Waals surface area contributed by atoms with Gasteiger partial charge < -0.3 is 15.4 Å². The van der Waals surface area contributed by atoms with E-state index in [1.165, 1.54) is 0 Å². The lowest BCUT2D eigenvalue weighted by molar-refractivity contribution is 0.102. The van der Waals surface area contributed by atoms with E-state index in [-0.39, 0.29) is 5.91 Å². The predicted octanol–water partition coefficient (Wildman–Crippen LogP) is 2.77. The Hall–Kier alpha value is -2.56. The van der Waals surface area contributed by atoms with Crippen molar-refractivity contribution >= 4 is 17.3 Å². The second kappa shape index (κ2) is 6.56. The first kappa shape index (κ1) is 13.9. The number of carbonyl (C=O) groups is 1. The zero-order chi connectivity index (χ0) is 14.4. The Morgan fingerprint density at radius 2 is 1.85 bits per heavy atom. The van der Waals surface area contributed by atoms with Gasteiger partial charge in [0.2, 0.25) is 0 Å². The van der Waals surface area contributed by atoms with E-state index in [9.17, 15) is 4.79 Å². The number of nitrogens with one attached hydrogen (secondary N) is 2. The van der Waals surface area contributed by atoms with Crippen LogP contribution >= 0.6 is 0 Å². The van der Waals surface area contributed by atoms with Crippen LogP contribution in [-0.4, -0.2) is 24.5 Å². The topological polar surface area (TPSA) is 63.2 Å². The Labute approximate surface area is 118 Å². The normalized spacial score (nSPS) is 9.90. The molecule has 2 N–H and O–H groups in total. The second-order valence-electron chi connectivity index (χ2n) is 4.09. The third-order valence-corrected chi connectivity index (χ3v) is 2.71. The third-order valence-electron chi connectivity index (χ3n) is 2.71. The Morgan fingerprint density at radius 1 is 1.15 bits per heavy atom. The van der Waals surface area contributed by atoms with E-state index in [0.29, 0.717) is 18.0 Å². The molecule has 1 heterocycles. The fraction of sp³-hybridized carbons (Fsp3) is 0.200. The van der Waals surface area contributed by atoms with E-state index in [0.717, 1.165) is 11.4 Å². The first-order valence-corrected chi connectivity index (χ1v) is 6.41. The summed E-state index contributed by atoms with van der Waals surface area (Å²) in [6.07, 6.45) is 1.62. The van der Waals surface area contributed by atoms with Crippen molar-refractivity contribution in [3.63, 3.8) is 0 Å². The fourth-order valence-corrected chi connectivity index (χ4v) is 1.67. The van der Waals surface area contributed by atoms with Crippen LogP contribution in [0.4, 0.5) is 11.4 Å². The number of hydrogen-bond donors (Lipinski definition) is 2. The van der Waals surface area contributed by atoms with Gasteiger partial charge in [0.15, 0.2) is 0 Å². The molecule has 0 aliphatic heterocycles. The molecule has 0 saturated heterocycles. The first-order chi connectivity index (χ1) is 9.72. The average molecular weight is 271 g/mol. The molecule has 0 atom stereocenters. The minimum atomic E-state index is -0.239. The molecule has 1 amide bonds. The zero-order valence-corrected chi connectivity index (χ0v) is 11.5. The highest BCUT2D eigenvalue weighted by atomic mass is 16.5. The van der Waals surface area contributed by atoms with Gasteiger partial charge in [-0.2, -0.15) is 0 Å². The maximum Gasteiger partial charge on any atom is 0.274 e. The van der Waals surface area contributed by atoms with Crippen LogP contribution in [-0.2, 0) is 0 Å². The number of aromatic nitrogens is 1. The molecule has 1 aromatic carbocycles. The van der Waals surface area contributed by atoms with Gasteiger partial charge in [0.05, 0.1) is 18.5 Å². The number of anilines is 2.